The van der Waals surface area contributed by atoms with E-state index in [0.717, 1.165) is 44.1 Å². The molecule has 2 aromatic heterocycles. The predicted molar refractivity (Wildman–Crippen MR) is 107 cm³/mol. The molecule has 0 aliphatic carbocycles. The van der Waals surface area contributed by atoms with Gasteiger partial charge in [0.1, 0.15) is 0 Å². The van der Waals surface area contributed by atoms with Crippen LogP contribution < -0.4 is 5.32 Å². The monoisotopic (exact) mass is 352 g/mol. The molecule has 3 rings (SSSR count). The van der Waals surface area contributed by atoms with Crippen molar-refractivity contribution in [3.63, 3.8) is 0 Å². The fourth-order valence-corrected chi connectivity index (χ4v) is 3.06. The van der Waals surface area contributed by atoms with E-state index in [1.165, 1.54) is 11.2 Å². The van der Waals surface area contributed by atoms with Crippen molar-refractivity contribution in [2.24, 2.45) is 12.0 Å². The number of nitrogens with zero attached hydrogens (tertiary/aromatic N) is 5. The SMILES string of the molecule is CCNC(=NCCCn1cnc2ccccc21)N(C)Cc1cccn1C. The molecule has 138 valence electrons. The summed E-state index contributed by atoms with van der Waals surface area (Å²) in [5, 5.41) is 3.39. The standard InChI is InChI=1S/C20H28N6/c1-4-21-20(25(3)15-17-9-7-13-24(17)2)22-12-8-14-26-16-23-18-10-5-6-11-19(18)26/h5-7,9-11,13,16H,4,8,12,14-15H2,1-3H3,(H,21,22). The van der Waals surface area contributed by atoms with Crippen molar-refractivity contribution in [3.8, 4) is 0 Å². The zero-order valence-electron chi connectivity index (χ0n) is 15.9. The maximum absolute atomic E-state index is 4.79. The lowest BCUT2D eigenvalue weighted by Crippen LogP contribution is -2.38. The molecular weight excluding hydrogens is 324 g/mol. The molecule has 3 aromatic rings. The number of aryl methyl sites for hydroxylation is 2. The normalized spacial score (nSPS) is 11.9. The van der Waals surface area contributed by atoms with Crippen LogP contribution in [-0.4, -0.2) is 45.1 Å². The highest BCUT2D eigenvalue weighted by atomic mass is 15.3. The average Bonchev–Trinajstić information content (AvgIpc) is 3.24. The van der Waals surface area contributed by atoms with Gasteiger partial charge >= 0.3 is 0 Å². The smallest absolute Gasteiger partial charge is 0.194 e. The van der Waals surface area contributed by atoms with Crippen molar-refractivity contribution in [1.29, 1.82) is 0 Å². The number of nitrogens with one attached hydrogen (secondary N) is 1. The summed E-state index contributed by atoms with van der Waals surface area (Å²) < 4.78 is 4.34. The number of imidazole rings is 1. The number of fused-ring (bicyclic) bond motifs is 1. The summed E-state index contributed by atoms with van der Waals surface area (Å²) in [5.41, 5.74) is 3.50. The van der Waals surface area contributed by atoms with Crippen LogP contribution in [0.5, 0.6) is 0 Å². The van der Waals surface area contributed by atoms with Gasteiger partial charge in [-0.3, -0.25) is 4.99 Å². The van der Waals surface area contributed by atoms with Crippen LogP contribution in [0.15, 0.2) is 53.9 Å². The molecule has 0 saturated carbocycles. The van der Waals surface area contributed by atoms with E-state index in [4.69, 9.17) is 4.99 Å². The first-order valence-electron chi connectivity index (χ1n) is 9.18. The molecule has 2 heterocycles. The van der Waals surface area contributed by atoms with Gasteiger partial charge in [0.2, 0.25) is 0 Å². The molecule has 0 fully saturated rings. The van der Waals surface area contributed by atoms with Crippen molar-refractivity contribution in [1.82, 2.24) is 24.3 Å². The predicted octanol–water partition coefficient (Wildman–Crippen LogP) is 2.86. The Morgan fingerprint density at radius 1 is 1.23 bits per heavy atom. The minimum atomic E-state index is 0.784. The largest absolute Gasteiger partial charge is 0.357 e. The Bertz CT molecular complexity index is 860. The number of aliphatic imine (C=N–C) groups is 1. The third-order valence-corrected chi connectivity index (χ3v) is 4.49. The highest BCUT2D eigenvalue weighted by molar-refractivity contribution is 5.79. The van der Waals surface area contributed by atoms with E-state index in [1.54, 1.807) is 0 Å². The number of hydrogen-bond donors (Lipinski definition) is 1. The molecule has 0 bridgehead atoms. The number of aromatic nitrogens is 3. The lowest BCUT2D eigenvalue weighted by atomic mass is 10.3. The van der Waals surface area contributed by atoms with Crippen molar-refractivity contribution < 1.29 is 0 Å². The van der Waals surface area contributed by atoms with Gasteiger partial charge < -0.3 is 19.4 Å². The van der Waals surface area contributed by atoms with Crippen LogP contribution in [0.25, 0.3) is 11.0 Å². The number of benzene rings is 1. The summed E-state index contributed by atoms with van der Waals surface area (Å²) in [6, 6.07) is 12.5. The maximum Gasteiger partial charge on any atom is 0.194 e. The van der Waals surface area contributed by atoms with Gasteiger partial charge in [-0.1, -0.05) is 12.1 Å². The summed E-state index contributed by atoms with van der Waals surface area (Å²) in [7, 11) is 4.15. The van der Waals surface area contributed by atoms with Crippen LogP contribution in [0.2, 0.25) is 0 Å². The third-order valence-electron chi connectivity index (χ3n) is 4.49. The Labute approximate surface area is 155 Å². The molecule has 1 aromatic carbocycles. The van der Waals surface area contributed by atoms with E-state index in [2.05, 4.69) is 75.8 Å². The Kier molecular flexibility index (Phi) is 5.94. The molecule has 0 aliphatic rings. The van der Waals surface area contributed by atoms with Crippen molar-refractivity contribution in [2.45, 2.75) is 26.4 Å². The van der Waals surface area contributed by atoms with E-state index < -0.39 is 0 Å². The molecule has 0 aliphatic heterocycles. The van der Waals surface area contributed by atoms with Crippen molar-refractivity contribution in [2.75, 3.05) is 20.1 Å². The lowest BCUT2D eigenvalue weighted by molar-refractivity contribution is 0.461. The van der Waals surface area contributed by atoms with Crippen LogP contribution in [0.1, 0.15) is 19.0 Å². The number of rotatable bonds is 7. The van der Waals surface area contributed by atoms with Gasteiger partial charge in [-0.2, -0.15) is 0 Å². The van der Waals surface area contributed by atoms with E-state index in [1.807, 2.05) is 18.5 Å². The first kappa shape index (κ1) is 18.0. The molecule has 6 nitrogen and oxygen atoms in total. The molecule has 1 N–H and O–H groups in total. The van der Waals surface area contributed by atoms with E-state index in [-0.39, 0.29) is 0 Å². The molecule has 0 spiro atoms. The number of para-hydroxylation sites is 2. The highest BCUT2D eigenvalue weighted by Gasteiger charge is 2.08. The zero-order chi connectivity index (χ0) is 18.4. The molecular formula is C20H28N6. The highest BCUT2D eigenvalue weighted by Crippen LogP contribution is 2.12. The fourth-order valence-electron chi connectivity index (χ4n) is 3.06. The van der Waals surface area contributed by atoms with Gasteiger partial charge in [-0.05, 0) is 37.6 Å². The van der Waals surface area contributed by atoms with Gasteiger partial charge in [-0.15, -0.1) is 0 Å². The van der Waals surface area contributed by atoms with Gasteiger partial charge in [0, 0.05) is 45.6 Å². The number of hydrogen-bond acceptors (Lipinski definition) is 2. The molecule has 6 heteroatoms. The summed E-state index contributed by atoms with van der Waals surface area (Å²) in [6.07, 6.45) is 4.97. The second-order valence-electron chi connectivity index (χ2n) is 6.48. The van der Waals surface area contributed by atoms with Gasteiger partial charge in [0.05, 0.1) is 23.9 Å². The lowest BCUT2D eigenvalue weighted by Gasteiger charge is -2.22. The topological polar surface area (TPSA) is 50.4 Å². The Morgan fingerprint density at radius 2 is 2.08 bits per heavy atom. The molecule has 0 saturated heterocycles. The summed E-state index contributed by atoms with van der Waals surface area (Å²) in [5.74, 6) is 0.948. The molecule has 26 heavy (non-hydrogen) atoms. The van der Waals surface area contributed by atoms with Crippen LogP contribution in [0.3, 0.4) is 0 Å². The maximum atomic E-state index is 4.79. The quantitative estimate of drug-likeness (QED) is 0.404. The fraction of sp³-hybridized carbons (Fsp3) is 0.400. The Balaban J connectivity index is 1.57. The first-order chi connectivity index (χ1) is 12.7. The van der Waals surface area contributed by atoms with Gasteiger partial charge in [0.15, 0.2) is 5.96 Å². The van der Waals surface area contributed by atoms with Gasteiger partial charge in [-0.25, -0.2) is 4.98 Å². The van der Waals surface area contributed by atoms with Gasteiger partial charge in [0.25, 0.3) is 0 Å². The van der Waals surface area contributed by atoms with Crippen LogP contribution >= 0.6 is 0 Å². The van der Waals surface area contributed by atoms with Crippen LogP contribution in [-0.2, 0) is 20.1 Å². The van der Waals surface area contributed by atoms with E-state index >= 15 is 0 Å². The second kappa shape index (κ2) is 8.56. The zero-order valence-corrected chi connectivity index (χ0v) is 15.9. The van der Waals surface area contributed by atoms with Crippen LogP contribution in [0, 0.1) is 0 Å². The molecule has 0 radical (unpaired) electrons. The third kappa shape index (κ3) is 4.25. The van der Waals surface area contributed by atoms with Crippen molar-refractivity contribution in [3.05, 3.63) is 54.6 Å². The Hall–Kier alpha value is -2.76. The summed E-state index contributed by atoms with van der Waals surface area (Å²) in [6.45, 7) is 5.50. The molecule has 0 unspecified atom stereocenters. The number of guanidine groups is 1. The molecule has 0 amide bonds. The first-order valence-corrected chi connectivity index (χ1v) is 9.18. The summed E-state index contributed by atoms with van der Waals surface area (Å²) in [4.78, 5) is 11.4. The average molecular weight is 352 g/mol. The van der Waals surface area contributed by atoms with E-state index in [0.29, 0.717) is 0 Å². The minimum Gasteiger partial charge on any atom is -0.357 e. The van der Waals surface area contributed by atoms with Crippen molar-refractivity contribution >= 4 is 17.0 Å². The molecule has 0 atom stereocenters. The minimum absolute atomic E-state index is 0.784. The summed E-state index contributed by atoms with van der Waals surface area (Å²) >= 11 is 0. The second-order valence-corrected chi connectivity index (χ2v) is 6.48. The van der Waals surface area contributed by atoms with Crippen LogP contribution in [0.4, 0.5) is 0 Å². The van der Waals surface area contributed by atoms with E-state index in [9.17, 15) is 0 Å². The Morgan fingerprint density at radius 3 is 2.85 bits per heavy atom.